The summed E-state index contributed by atoms with van der Waals surface area (Å²) in [4.78, 5) is 11.4. The number of halogens is 1. The Morgan fingerprint density at radius 2 is 1.85 bits per heavy atom. The highest BCUT2D eigenvalue weighted by molar-refractivity contribution is 7.89. The first-order valence-electron chi connectivity index (χ1n) is 7.81. The molecule has 0 spiro atoms. The maximum atomic E-state index is 11.7. The third-order valence-electron chi connectivity index (χ3n) is 3.64. The van der Waals surface area contributed by atoms with Crippen molar-refractivity contribution in [3.05, 3.63) is 64.7 Å². The summed E-state index contributed by atoms with van der Waals surface area (Å²) in [7, 11) is -4.00. The molecule has 146 valence electrons. The average Bonchev–Trinajstić information content (AvgIpc) is 2.63. The van der Waals surface area contributed by atoms with Crippen LogP contribution in [0, 0.1) is 0 Å². The summed E-state index contributed by atoms with van der Waals surface area (Å²) >= 11 is 5.85. The molecule has 10 heteroatoms. The molecule has 0 aromatic heterocycles. The number of hydrogen-bond donors (Lipinski definition) is 4. The largest absolute Gasteiger partial charge is 0.445 e. The molecule has 0 bridgehead atoms. The van der Waals surface area contributed by atoms with E-state index in [0.29, 0.717) is 0 Å². The quantitative estimate of drug-likeness (QED) is 0.538. The van der Waals surface area contributed by atoms with Gasteiger partial charge in [0.05, 0.1) is 5.02 Å². The molecule has 0 aliphatic carbocycles. The topological polar surface area (TPSA) is 139 Å². The molecular formula is C17H19ClN2O6S. The van der Waals surface area contributed by atoms with Gasteiger partial charge in [-0.1, -0.05) is 48.0 Å². The normalized spacial score (nSPS) is 13.6. The third kappa shape index (κ3) is 6.19. The summed E-state index contributed by atoms with van der Waals surface area (Å²) < 4.78 is 27.7. The van der Waals surface area contributed by atoms with Crippen LogP contribution in [0.3, 0.4) is 0 Å². The smallest absolute Gasteiger partial charge is 0.407 e. The van der Waals surface area contributed by atoms with E-state index in [9.17, 15) is 23.4 Å². The number of benzene rings is 2. The second-order valence-electron chi connectivity index (χ2n) is 5.69. The molecular weight excluding hydrogens is 396 g/mol. The van der Waals surface area contributed by atoms with Crippen molar-refractivity contribution in [2.24, 2.45) is 5.14 Å². The second-order valence-corrected chi connectivity index (χ2v) is 7.63. The lowest BCUT2D eigenvalue weighted by Crippen LogP contribution is -2.35. The van der Waals surface area contributed by atoms with E-state index in [0.717, 1.165) is 11.6 Å². The van der Waals surface area contributed by atoms with E-state index in [1.54, 1.807) is 12.1 Å². The van der Waals surface area contributed by atoms with Crippen LogP contribution in [0.4, 0.5) is 4.79 Å². The first-order valence-corrected chi connectivity index (χ1v) is 9.74. The van der Waals surface area contributed by atoms with E-state index < -0.39 is 28.3 Å². The summed E-state index contributed by atoms with van der Waals surface area (Å²) in [6.45, 7) is -0.223. The van der Waals surface area contributed by atoms with Gasteiger partial charge in [-0.25, -0.2) is 18.4 Å². The molecule has 0 heterocycles. The molecule has 0 saturated carbocycles. The number of sulfonamides is 1. The first kappa shape index (κ1) is 21.1. The van der Waals surface area contributed by atoms with Crippen LogP contribution in [0.15, 0.2) is 53.4 Å². The van der Waals surface area contributed by atoms with Crippen molar-refractivity contribution in [2.45, 2.75) is 23.7 Å². The molecule has 5 N–H and O–H groups in total. The van der Waals surface area contributed by atoms with Crippen LogP contribution in [0.5, 0.6) is 0 Å². The van der Waals surface area contributed by atoms with Crippen LogP contribution in [-0.4, -0.2) is 37.4 Å². The van der Waals surface area contributed by atoms with Crippen LogP contribution >= 0.6 is 11.6 Å². The molecule has 0 saturated heterocycles. The third-order valence-corrected chi connectivity index (χ3v) is 5.03. The van der Waals surface area contributed by atoms with Crippen molar-refractivity contribution >= 4 is 27.7 Å². The summed E-state index contributed by atoms with van der Waals surface area (Å²) in [6.07, 6.45) is -3.54. The molecule has 2 atom stereocenters. The fraction of sp³-hybridized carbons (Fsp3) is 0.235. The molecule has 0 radical (unpaired) electrons. The summed E-state index contributed by atoms with van der Waals surface area (Å²) in [6, 6.07) is 12.6. The lowest BCUT2D eigenvalue weighted by molar-refractivity contribution is 0.0184. The number of amides is 1. The van der Waals surface area contributed by atoms with Gasteiger partial charge in [0.15, 0.2) is 0 Å². The monoisotopic (exact) mass is 414 g/mol. The standard InChI is InChI=1S/C17H19ClN2O6S/c18-13-8-12(6-7-15(13)27(19,24)25)16(22)14(21)9-20-17(23)26-10-11-4-2-1-3-5-11/h1-8,14,16,21-22H,9-10H2,(H,20,23)(H2,19,24,25). The molecule has 2 aromatic rings. The van der Waals surface area contributed by atoms with E-state index in [4.69, 9.17) is 21.5 Å². The van der Waals surface area contributed by atoms with E-state index in [1.165, 1.54) is 12.1 Å². The Morgan fingerprint density at radius 1 is 1.19 bits per heavy atom. The Hall–Kier alpha value is -2.17. The van der Waals surface area contributed by atoms with Gasteiger partial charge in [0, 0.05) is 6.54 Å². The van der Waals surface area contributed by atoms with Gasteiger partial charge in [0.25, 0.3) is 0 Å². The molecule has 2 aromatic carbocycles. The van der Waals surface area contributed by atoms with Crippen molar-refractivity contribution < 1.29 is 28.2 Å². The molecule has 2 rings (SSSR count). The van der Waals surface area contributed by atoms with Crippen molar-refractivity contribution in [2.75, 3.05) is 6.54 Å². The summed E-state index contributed by atoms with van der Waals surface area (Å²) in [5.41, 5.74) is 0.970. The summed E-state index contributed by atoms with van der Waals surface area (Å²) in [5.74, 6) is 0. The Balaban J connectivity index is 1.89. The van der Waals surface area contributed by atoms with Crippen LogP contribution in [0.25, 0.3) is 0 Å². The number of hydrogen-bond acceptors (Lipinski definition) is 6. The zero-order chi connectivity index (χ0) is 20.0. The molecule has 1 amide bonds. The molecule has 2 unspecified atom stereocenters. The predicted octanol–water partition coefficient (Wildman–Crippen LogP) is 1.31. The van der Waals surface area contributed by atoms with E-state index in [2.05, 4.69) is 5.32 Å². The number of rotatable bonds is 7. The first-order chi connectivity index (χ1) is 12.7. The number of aliphatic hydroxyl groups excluding tert-OH is 2. The Labute approximate surface area is 161 Å². The van der Waals surface area contributed by atoms with Crippen molar-refractivity contribution in [1.29, 1.82) is 0 Å². The van der Waals surface area contributed by atoms with E-state index in [-0.39, 0.29) is 28.6 Å². The van der Waals surface area contributed by atoms with Gasteiger partial charge in [-0.2, -0.15) is 0 Å². The van der Waals surface area contributed by atoms with Gasteiger partial charge >= 0.3 is 6.09 Å². The van der Waals surface area contributed by atoms with Gasteiger partial charge in [-0.3, -0.25) is 0 Å². The number of nitrogens with one attached hydrogen (secondary N) is 1. The minimum atomic E-state index is -4.00. The minimum absolute atomic E-state index is 0.0654. The lowest BCUT2D eigenvalue weighted by Gasteiger charge is -2.19. The zero-order valence-corrected chi connectivity index (χ0v) is 15.7. The minimum Gasteiger partial charge on any atom is -0.445 e. The Morgan fingerprint density at radius 3 is 2.44 bits per heavy atom. The van der Waals surface area contributed by atoms with E-state index >= 15 is 0 Å². The Kier molecular flexibility index (Phi) is 7.17. The van der Waals surface area contributed by atoms with Crippen LogP contribution < -0.4 is 10.5 Å². The zero-order valence-electron chi connectivity index (χ0n) is 14.1. The van der Waals surface area contributed by atoms with Gasteiger partial charge in [0.1, 0.15) is 23.7 Å². The number of ether oxygens (including phenoxy) is 1. The van der Waals surface area contributed by atoms with Crippen molar-refractivity contribution in [3.8, 4) is 0 Å². The maximum Gasteiger partial charge on any atom is 0.407 e. The SMILES string of the molecule is NS(=O)(=O)c1ccc(C(O)C(O)CNC(=O)OCc2ccccc2)cc1Cl. The highest BCUT2D eigenvalue weighted by atomic mass is 35.5. The van der Waals surface area contributed by atoms with Crippen LogP contribution in [0.1, 0.15) is 17.2 Å². The molecule has 0 aliphatic heterocycles. The molecule has 0 aliphatic rings. The van der Waals surface area contributed by atoms with Crippen LogP contribution in [-0.2, 0) is 21.4 Å². The fourth-order valence-corrected chi connectivity index (χ4v) is 3.33. The average molecular weight is 415 g/mol. The second kappa shape index (κ2) is 9.16. The summed E-state index contributed by atoms with van der Waals surface area (Å²) in [5, 5.41) is 27.3. The number of aliphatic hydroxyl groups is 2. The van der Waals surface area contributed by atoms with Crippen molar-refractivity contribution in [3.63, 3.8) is 0 Å². The molecule has 0 fully saturated rings. The number of nitrogens with two attached hydrogens (primary N) is 1. The van der Waals surface area contributed by atoms with Gasteiger partial charge in [-0.05, 0) is 23.3 Å². The number of alkyl carbamates (subject to hydrolysis) is 1. The number of carbonyl (C=O) groups excluding carboxylic acids is 1. The highest BCUT2D eigenvalue weighted by Gasteiger charge is 2.22. The van der Waals surface area contributed by atoms with Gasteiger partial charge in [0.2, 0.25) is 10.0 Å². The highest BCUT2D eigenvalue weighted by Crippen LogP contribution is 2.26. The molecule has 27 heavy (non-hydrogen) atoms. The van der Waals surface area contributed by atoms with Crippen LogP contribution in [0.2, 0.25) is 5.02 Å². The van der Waals surface area contributed by atoms with Crippen molar-refractivity contribution in [1.82, 2.24) is 5.32 Å². The maximum absolute atomic E-state index is 11.7. The number of carbonyl (C=O) groups is 1. The van der Waals surface area contributed by atoms with Gasteiger partial charge < -0.3 is 20.3 Å². The fourth-order valence-electron chi connectivity index (χ4n) is 2.23. The number of primary sulfonamides is 1. The predicted molar refractivity (Wildman–Crippen MR) is 98.4 cm³/mol. The van der Waals surface area contributed by atoms with E-state index in [1.807, 2.05) is 18.2 Å². The molecule has 8 nitrogen and oxygen atoms in total. The lowest BCUT2D eigenvalue weighted by atomic mass is 10.0. The van der Waals surface area contributed by atoms with Gasteiger partial charge in [-0.15, -0.1) is 0 Å². The Bertz CT molecular complexity index is 892.